The highest BCUT2D eigenvalue weighted by atomic mass is 32.2. The van der Waals surface area contributed by atoms with E-state index in [0.29, 0.717) is 40.0 Å². The second-order valence-corrected chi connectivity index (χ2v) is 7.84. The van der Waals surface area contributed by atoms with Crippen molar-refractivity contribution in [2.75, 3.05) is 19.5 Å². The summed E-state index contributed by atoms with van der Waals surface area (Å²) in [7, 11) is 1.86. The van der Waals surface area contributed by atoms with E-state index in [1.807, 2.05) is 0 Å². The number of nitrogens with one attached hydrogen (secondary N) is 1. The van der Waals surface area contributed by atoms with Crippen molar-refractivity contribution in [1.29, 1.82) is 0 Å². The van der Waals surface area contributed by atoms with Crippen molar-refractivity contribution in [1.82, 2.24) is 9.78 Å². The van der Waals surface area contributed by atoms with Gasteiger partial charge < -0.3 is 14.8 Å². The minimum absolute atomic E-state index is 0.234. The molecule has 1 aliphatic rings. The van der Waals surface area contributed by atoms with Gasteiger partial charge in [0.15, 0.2) is 0 Å². The fourth-order valence-corrected chi connectivity index (χ4v) is 4.53. The first-order valence-corrected chi connectivity index (χ1v) is 10.2. The van der Waals surface area contributed by atoms with E-state index < -0.39 is 16.7 Å². The molecular formula is C20H18FN3O4S. The van der Waals surface area contributed by atoms with E-state index in [-0.39, 0.29) is 17.1 Å². The van der Waals surface area contributed by atoms with Crippen molar-refractivity contribution in [3.05, 3.63) is 65.1 Å². The first-order valence-electron chi connectivity index (χ1n) is 8.76. The molecule has 7 nitrogen and oxygen atoms in total. The van der Waals surface area contributed by atoms with E-state index in [9.17, 15) is 13.4 Å². The molecule has 0 spiro atoms. The molecule has 0 radical (unpaired) electrons. The predicted molar refractivity (Wildman–Crippen MR) is 107 cm³/mol. The number of carbonyl (C=O) groups excluding carboxylic acids is 1. The maximum atomic E-state index is 13.3. The molecule has 1 aliphatic heterocycles. The summed E-state index contributed by atoms with van der Waals surface area (Å²) in [5, 5.41) is 7.36. The average molecular weight is 415 g/mol. The number of fused-ring (bicyclic) bond motifs is 1. The molecule has 0 unspecified atom stereocenters. The van der Waals surface area contributed by atoms with E-state index >= 15 is 0 Å². The standard InChI is InChI=1S/C20H18FN3O4S/c1-27-16-4-3-5-17(28-2)18(16)20(25)22-19-14-10-29(26)11-15(14)23-24(19)13-8-6-12(21)7-9-13/h3-9H,10-11H2,1-2H3,(H,22,25)/t29-/m0/s1. The lowest BCUT2D eigenvalue weighted by Crippen LogP contribution is -2.18. The van der Waals surface area contributed by atoms with Gasteiger partial charge in [-0.3, -0.25) is 9.00 Å². The Morgan fingerprint density at radius 3 is 2.38 bits per heavy atom. The van der Waals surface area contributed by atoms with Crippen LogP contribution >= 0.6 is 0 Å². The quantitative estimate of drug-likeness (QED) is 0.693. The zero-order chi connectivity index (χ0) is 20.5. The Hall–Kier alpha value is -3.20. The predicted octanol–water partition coefficient (Wildman–Crippen LogP) is 3.04. The van der Waals surface area contributed by atoms with Crippen LogP contribution in [0.15, 0.2) is 42.5 Å². The first kappa shape index (κ1) is 19.1. The summed E-state index contributed by atoms with van der Waals surface area (Å²) in [6, 6.07) is 10.8. The lowest BCUT2D eigenvalue weighted by Gasteiger charge is -2.15. The molecule has 1 amide bonds. The van der Waals surface area contributed by atoms with Crippen LogP contribution in [-0.2, 0) is 22.3 Å². The molecule has 0 bridgehead atoms. The molecule has 0 saturated carbocycles. The van der Waals surface area contributed by atoms with Gasteiger partial charge in [0, 0.05) is 16.4 Å². The second kappa shape index (κ2) is 7.67. The molecule has 9 heteroatoms. The number of methoxy groups -OCH3 is 2. The number of ether oxygens (including phenoxy) is 2. The Labute approximate surface area is 168 Å². The molecule has 0 aliphatic carbocycles. The average Bonchev–Trinajstić information content (AvgIpc) is 3.24. The second-order valence-electron chi connectivity index (χ2n) is 6.38. The zero-order valence-electron chi connectivity index (χ0n) is 15.8. The van der Waals surface area contributed by atoms with Gasteiger partial charge in [-0.1, -0.05) is 6.07 Å². The fourth-order valence-electron chi connectivity index (χ4n) is 3.27. The zero-order valence-corrected chi connectivity index (χ0v) is 16.6. The number of amides is 1. The summed E-state index contributed by atoms with van der Waals surface area (Å²) in [5.41, 5.74) is 2.16. The van der Waals surface area contributed by atoms with Gasteiger partial charge in [0.25, 0.3) is 5.91 Å². The van der Waals surface area contributed by atoms with Crippen molar-refractivity contribution in [3.8, 4) is 17.2 Å². The van der Waals surface area contributed by atoms with Gasteiger partial charge >= 0.3 is 0 Å². The third kappa shape index (κ3) is 3.49. The Balaban J connectivity index is 1.79. The van der Waals surface area contributed by atoms with Crippen LogP contribution in [0, 0.1) is 5.82 Å². The van der Waals surface area contributed by atoms with Crippen LogP contribution in [0.25, 0.3) is 5.69 Å². The number of carbonyl (C=O) groups is 1. The van der Waals surface area contributed by atoms with Crippen LogP contribution in [0.4, 0.5) is 10.2 Å². The van der Waals surface area contributed by atoms with E-state index in [2.05, 4.69) is 10.4 Å². The van der Waals surface area contributed by atoms with Crippen LogP contribution < -0.4 is 14.8 Å². The SMILES string of the molecule is COc1cccc(OC)c1C(=O)Nc1c2c(nn1-c1ccc(F)cc1)C[S@@](=O)C2. The van der Waals surface area contributed by atoms with Gasteiger partial charge in [0.05, 0.1) is 37.1 Å². The monoisotopic (exact) mass is 415 g/mol. The lowest BCUT2D eigenvalue weighted by molar-refractivity contribution is 0.102. The molecule has 2 heterocycles. The summed E-state index contributed by atoms with van der Waals surface area (Å²) >= 11 is 0. The highest BCUT2D eigenvalue weighted by Crippen LogP contribution is 2.34. The molecule has 0 fully saturated rings. The molecule has 0 saturated heterocycles. The van der Waals surface area contributed by atoms with Crippen LogP contribution in [0.3, 0.4) is 0 Å². The summed E-state index contributed by atoms with van der Waals surface area (Å²) in [6.07, 6.45) is 0. The Kier molecular flexibility index (Phi) is 5.06. The van der Waals surface area contributed by atoms with Crippen LogP contribution in [0.2, 0.25) is 0 Å². The van der Waals surface area contributed by atoms with Crippen molar-refractivity contribution < 1.29 is 22.9 Å². The number of hydrogen-bond acceptors (Lipinski definition) is 5. The molecule has 3 aromatic rings. The van der Waals surface area contributed by atoms with Crippen LogP contribution in [-0.4, -0.2) is 34.1 Å². The number of aromatic nitrogens is 2. The van der Waals surface area contributed by atoms with Crippen LogP contribution in [0.5, 0.6) is 11.5 Å². The third-order valence-corrected chi connectivity index (χ3v) is 5.83. The molecule has 2 aromatic carbocycles. The van der Waals surface area contributed by atoms with Crippen molar-refractivity contribution in [2.24, 2.45) is 0 Å². The van der Waals surface area contributed by atoms with Gasteiger partial charge in [-0.05, 0) is 36.4 Å². The maximum Gasteiger partial charge on any atom is 0.264 e. The van der Waals surface area contributed by atoms with E-state index in [1.54, 1.807) is 30.3 Å². The molecule has 1 atom stereocenters. The van der Waals surface area contributed by atoms with Crippen molar-refractivity contribution in [2.45, 2.75) is 11.5 Å². The van der Waals surface area contributed by atoms with Gasteiger partial charge in [0.1, 0.15) is 28.7 Å². The summed E-state index contributed by atoms with van der Waals surface area (Å²) in [5.74, 6) is 0.877. The van der Waals surface area contributed by atoms with Crippen LogP contribution in [0.1, 0.15) is 21.6 Å². The maximum absolute atomic E-state index is 13.3. The van der Waals surface area contributed by atoms with Gasteiger partial charge in [-0.2, -0.15) is 5.10 Å². The van der Waals surface area contributed by atoms with Gasteiger partial charge in [-0.25, -0.2) is 9.07 Å². The number of nitrogens with zero attached hydrogens (tertiary/aromatic N) is 2. The van der Waals surface area contributed by atoms with E-state index in [4.69, 9.17) is 9.47 Å². The van der Waals surface area contributed by atoms with Crippen molar-refractivity contribution >= 4 is 22.5 Å². The van der Waals surface area contributed by atoms with E-state index in [1.165, 1.54) is 31.0 Å². The van der Waals surface area contributed by atoms with Gasteiger partial charge in [-0.15, -0.1) is 0 Å². The number of hydrogen-bond donors (Lipinski definition) is 1. The third-order valence-electron chi connectivity index (χ3n) is 4.63. The molecule has 4 rings (SSSR count). The highest BCUT2D eigenvalue weighted by molar-refractivity contribution is 7.83. The molecule has 1 aromatic heterocycles. The Morgan fingerprint density at radius 2 is 1.76 bits per heavy atom. The van der Waals surface area contributed by atoms with E-state index in [0.717, 1.165) is 0 Å². The summed E-state index contributed by atoms with van der Waals surface area (Å²) in [4.78, 5) is 13.1. The first-order chi connectivity index (χ1) is 14.0. The summed E-state index contributed by atoms with van der Waals surface area (Å²) < 4.78 is 37.5. The fraction of sp³-hybridized carbons (Fsp3) is 0.200. The number of benzene rings is 2. The Morgan fingerprint density at radius 1 is 1.10 bits per heavy atom. The highest BCUT2D eigenvalue weighted by Gasteiger charge is 2.29. The largest absolute Gasteiger partial charge is 0.496 e. The number of anilines is 1. The molecular weight excluding hydrogens is 397 g/mol. The van der Waals surface area contributed by atoms with Gasteiger partial charge in [0.2, 0.25) is 0 Å². The molecule has 1 N–H and O–H groups in total. The van der Waals surface area contributed by atoms with Crippen molar-refractivity contribution in [3.63, 3.8) is 0 Å². The lowest BCUT2D eigenvalue weighted by atomic mass is 10.1. The molecule has 150 valence electrons. The minimum atomic E-state index is -1.07. The topological polar surface area (TPSA) is 82.4 Å². The number of halogens is 1. The summed E-state index contributed by atoms with van der Waals surface area (Å²) in [6.45, 7) is 0. The molecule has 29 heavy (non-hydrogen) atoms. The number of rotatable bonds is 5. The Bertz CT molecular complexity index is 1090. The smallest absolute Gasteiger partial charge is 0.264 e. The normalized spacial score (nSPS) is 15.1. The minimum Gasteiger partial charge on any atom is -0.496 e.